The quantitative estimate of drug-likeness (QED) is 0.409. The van der Waals surface area contributed by atoms with Crippen LogP contribution in [0.4, 0.5) is 17.1 Å². The van der Waals surface area contributed by atoms with Gasteiger partial charge in [0, 0.05) is 18.7 Å². The number of nitrogens with one attached hydrogen (secondary N) is 2. The van der Waals surface area contributed by atoms with Gasteiger partial charge in [-0.3, -0.25) is 14.9 Å². The molecule has 0 heterocycles. The number of nitrogens with two attached hydrogens (primary N) is 1. The van der Waals surface area contributed by atoms with Gasteiger partial charge in [-0.05, 0) is 12.0 Å². The smallest absolute Gasteiger partial charge is 0.271 e. The number of hydrogen-bond donors (Lipinski definition) is 3. The molecule has 0 fully saturated rings. The summed E-state index contributed by atoms with van der Waals surface area (Å²) < 4.78 is 0. The number of nitro benzene ring substituents is 1. The van der Waals surface area contributed by atoms with Gasteiger partial charge in [0.15, 0.2) is 0 Å². The van der Waals surface area contributed by atoms with Crippen molar-refractivity contribution in [1.29, 1.82) is 0 Å². The molecule has 104 valence electrons. The molecule has 4 N–H and O–H groups in total. The first-order valence-corrected chi connectivity index (χ1v) is 5.94. The maximum atomic E-state index is 11.5. The second-order valence-corrected chi connectivity index (χ2v) is 4.58. The predicted octanol–water partition coefficient (Wildman–Crippen LogP) is 1.36. The standard InChI is InChI=1S/C12H18N4O3/c1-8(2)6-15-12(17)7-14-11-4-3-9(16(18)19)5-10(11)13/h3-5,8,14H,6-7,13H2,1-2H3,(H,15,17). The molecule has 0 aliphatic rings. The van der Waals surface area contributed by atoms with E-state index >= 15 is 0 Å². The van der Waals surface area contributed by atoms with Crippen molar-refractivity contribution in [2.24, 2.45) is 5.92 Å². The van der Waals surface area contributed by atoms with Crippen molar-refractivity contribution in [2.75, 3.05) is 24.1 Å². The number of benzene rings is 1. The molecule has 7 heteroatoms. The van der Waals surface area contributed by atoms with Crippen LogP contribution in [0, 0.1) is 16.0 Å². The maximum absolute atomic E-state index is 11.5. The summed E-state index contributed by atoms with van der Waals surface area (Å²) in [4.78, 5) is 21.5. The molecule has 1 aromatic carbocycles. The topological polar surface area (TPSA) is 110 Å². The van der Waals surface area contributed by atoms with Crippen LogP contribution in [-0.4, -0.2) is 23.9 Å². The van der Waals surface area contributed by atoms with E-state index in [-0.39, 0.29) is 23.8 Å². The number of nitro groups is 1. The minimum absolute atomic E-state index is 0.0766. The largest absolute Gasteiger partial charge is 0.397 e. The Morgan fingerprint density at radius 1 is 1.47 bits per heavy atom. The van der Waals surface area contributed by atoms with Gasteiger partial charge in [0.25, 0.3) is 5.69 Å². The van der Waals surface area contributed by atoms with Crippen molar-refractivity contribution in [3.8, 4) is 0 Å². The van der Waals surface area contributed by atoms with Gasteiger partial charge in [0.1, 0.15) is 0 Å². The van der Waals surface area contributed by atoms with E-state index < -0.39 is 4.92 Å². The molecule has 0 atom stereocenters. The molecule has 0 radical (unpaired) electrons. The van der Waals surface area contributed by atoms with Gasteiger partial charge in [-0.15, -0.1) is 0 Å². The molecule has 19 heavy (non-hydrogen) atoms. The number of carbonyl (C=O) groups is 1. The summed E-state index contributed by atoms with van der Waals surface area (Å²) >= 11 is 0. The van der Waals surface area contributed by atoms with Crippen molar-refractivity contribution in [3.63, 3.8) is 0 Å². The fourth-order valence-corrected chi connectivity index (χ4v) is 1.38. The van der Waals surface area contributed by atoms with E-state index in [0.29, 0.717) is 18.2 Å². The van der Waals surface area contributed by atoms with Crippen LogP contribution >= 0.6 is 0 Å². The lowest BCUT2D eigenvalue weighted by Crippen LogP contribution is -2.32. The summed E-state index contributed by atoms with van der Waals surface area (Å²) in [5.74, 6) is 0.236. The zero-order valence-electron chi connectivity index (χ0n) is 11.0. The Balaban J connectivity index is 2.54. The van der Waals surface area contributed by atoms with Gasteiger partial charge >= 0.3 is 0 Å². The normalized spacial score (nSPS) is 10.3. The fraction of sp³-hybridized carbons (Fsp3) is 0.417. The number of nitrogen functional groups attached to an aromatic ring is 1. The van der Waals surface area contributed by atoms with Crippen LogP contribution in [0.1, 0.15) is 13.8 Å². The van der Waals surface area contributed by atoms with E-state index in [9.17, 15) is 14.9 Å². The SMILES string of the molecule is CC(C)CNC(=O)CNc1ccc([N+](=O)[O-])cc1N. The third-order valence-electron chi connectivity index (χ3n) is 2.39. The Kier molecular flexibility index (Phi) is 5.11. The van der Waals surface area contributed by atoms with Crippen LogP contribution in [0.3, 0.4) is 0 Å². The van der Waals surface area contributed by atoms with E-state index in [0.717, 1.165) is 0 Å². The molecule has 0 aliphatic heterocycles. The van der Waals surface area contributed by atoms with Crippen molar-refractivity contribution < 1.29 is 9.72 Å². The number of nitrogens with zero attached hydrogens (tertiary/aromatic N) is 1. The zero-order valence-corrected chi connectivity index (χ0v) is 11.0. The van der Waals surface area contributed by atoms with Crippen LogP contribution in [0.25, 0.3) is 0 Å². The Hall–Kier alpha value is -2.31. The van der Waals surface area contributed by atoms with E-state index in [1.807, 2.05) is 13.8 Å². The first-order chi connectivity index (χ1) is 8.90. The first kappa shape index (κ1) is 14.7. The third-order valence-corrected chi connectivity index (χ3v) is 2.39. The predicted molar refractivity (Wildman–Crippen MR) is 73.8 cm³/mol. The van der Waals surface area contributed by atoms with Gasteiger partial charge in [0.05, 0.1) is 22.8 Å². The summed E-state index contributed by atoms with van der Waals surface area (Å²) in [5, 5.41) is 16.1. The summed E-state index contributed by atoms with van der Waals surface area (Å²) in [6.45, 7) is 4.69. The maximum Gasteiger partial charge on any atom is 0.271 e. The number of hydrogen-bond acceptors (Lipinski definition) is 5. The van der Waals surface area contributed by atoms with E-state index in [1.54, 1.807) is 0 Å². The average Bonchev–Trinajstić information content (AvgIpc) is 2.34. The minimum atomic E-state index is -0.518. The van der Waals surface area contributed by atoms with Gasteiger partial charge in [0.2, 0.25) is 5.91 Å². The summed E-state index contributed by atoms with van der Waals surface area (Å²) in [6.07, 6.45) is 0. The van der Waals surface area contributed by atoms with Crippen molar-refractivity contribution in [2.45, 2.75) is 13.8 Å². The summed E-state index contributed by atoms with van der Waals surface area (Å²) in [6, 6.07) is 4.09. The van der Waals surface area contributed by atoms with E-state index in [1.165, 1.54) is 18.2 Å². The highest BCUT2D eigenvalue weighted by Gasteiger charge is 2.09. The molecule has 1 aromatic rings. The molecular formula is C12H18N4O3. The van der Waals surface area contributed by atoms with Crippen molar-refractivity contribution in [3.05, 3.63) is 28.3 Å². The van der Waals surface area contributed by atoms with Crippen molar-refractivity contribution >= 4 is 23.0 Å². The van der Waals surface area contributed by atoms with Crippen LogP contribution in [0.5, 0.6) is 0 Å². The Morgan fingerprint density at radius 3 is 2.68 bits per heavy atom. The highest BCUT2D eigenvalue weighted by molar-refractivity contribution is 5.82. The number of anilines is 2. The Bertz CT molecular complexity index is 474. The lowest BCUT2D eigenvalue weighted by Gasteiger charge is -2.10. The molecule has 0 bridgehead atoms. The molecule has 0 aliphatic carbocycles. The number of carbonyl (C=O) groups excluding carboxylic acids is 1. The number of non-ortho nitro benzene ring substituents is 1. The molecule has 1 rings (SSSR count). The lowest BCUT2D eigenvalue weighted by atomic mass is 10.2. The zero-order chi connectivity index (χ0) is 14.4. The first-order valence-electron chi connectivity index (χ1n) is 5.94. The monoisotopic (exact) mass is 266 g/mol. The van der Waals surface area contributed by atoms with Crippen LogP contribution < -0.4 is 16.4 Å². The Labute approximate surface area is 111 Å². The molecule has 1 amide bonds. The van der Waals surface area contributed by atoms with Gasteiger partial charge in [-0.2, -0.15) is 0 Å². The molecule has 0 spiro atoms. The second-order valence-electron chi connectivity index (χ2n) is 4.58. The highest BCUT2D eigenvalue weighted by Crippen LogP contribution is 2.23. The molecule has 0 unspecified atom stereocenters. The van der Waals surface area contributed by atoms with Gasteiger partial charge < -0.3 is 16.4 Å². The average molecular weight is 266 g/mol. The lowest BCUT2D eigenvalue weighted by molar-refractivity contribution is -0.384. The summed E-state index contributed by atoms with van der Waals surface area (Å²) in [7, 11) is 0. The van der Waals surface area contributed by atoms with Crippen LogP contribution in [-0.2, 0) is 4.79 Å². The molecule has 0 saturated heterocycles. The minimum Gasteiger partial charge on any atom is -0.397 e. The second kappa shape index (κ2) is 6.58. The van der Waals surface area contributed by atoms with Gasteiger partial charge in [-0.1, -0.05) is 13.8 Å². The van der Waals surface area contributed by atoms with E-state index in [2.05, 4.69) is 10.6 Å². The summed E-state index contributed by atoms with van der Waals surface area (Å²) in [5.41, 5.74) is 6.34. The number of amides is 1. The third kappa shape index (κ3) is 4.82. The fourth-order valence-electron chi connectivity index (χ4n) is 1.38. The van der Waals surface area contributed by atoms with E-state index in [4.69, 9.17) is 5.73 Å². The molecular weight excluding hydrogens is 248 g/mol. The highest BCUT2D eigenvalue weighted by atomic mass is 16.6. The van der Waals surface area contributed by atoms with Crippen LogP contribution in [0.15, 0.2) is 18.2 Å². The molecule has 0 aromatic heterocycles. The van der Waals surface area contributed by atoms with Crippen molar-refractivity contribution in [1.82, 2.24) is 5.32 Å². The molecule has 7 nitrogen and oxygen atoms in total. The Morgan fingerprint density at radius 2 is 2.16 bits per heavy atom. The van der Waals surface area contributed by atoms with Crippen LogP contribution in [0.2, 0.25) is 0 Å². The number of rotatable bonds is 6. The molecule has 0 saturated carbocycles. The van der Waals surface area contributed by atoms with Gasteiger partial charge in [-0.25, -0.2) is 0 Å².